The minimum Gasteiger partial charge on any atom is -0.469 e. The van der Waals surface area contributed by atoms with Crippen molar-refractivity contribution < 1.29 is 14.3 Å². The zero-order chi connectivity index (χ0) is 11.8. The van der Waals surface area contributed by atoms with Crippen LogP contribution in [0.3, 0.4) is 0 Å². The van der Waals surface area contributed by atoms with Crippen LogP contribution in [0.5, 0.6) is 0 Å². The van der Waals surface area contributed by atoms with Gasteiger partial charge in [-0.2, -0.15) is 0 Å². The average Bonchev–Trinajstić information content (AvgIpc) is 2.30. The van der Waals surface area contributed by atoms with Crippen molar-refractivity contribution >= 4 is 12.3 Å². The molecule has 0 aliphatic carbocycles. The van der Waals surface area contributed by atoms with Crippen LogP contribution in [0.1, 0.15) is 17.5 Å². The first kappa shape index (κ1) is 12.0. The Morgan fingerprint density at radius 2 is 2.31 bits per heavy atom. The van der Waals surface area contributed by atoms with E-state index in [9.17, 15) is 9.59 Å². The molecule has 0 aliphatic rings. The molecule has 3 nitrogen and oxygen atoms in total. The minimum atomic E-state index is -0.280. The van der Waals surface area contributed by atoms with Crippen LogP contribution in [-0.2, 0) is 20.7 Å². The molecule has 0 amide bonds. The van der Waals surface area contributed by atoms with E-state index in [2.05, 4.69) is 16.6 Å². The zero-order valence-electron chi connectivity index (χ0n) is 9.03. The topological polar surface area (TPSA) is 43.4 Å². The summed E-state index contributed by atoms with van der Waals surface area (Å²) in [5.41, 5.74) is 1.65. The van der Waals surface area contributed by atoms with Gasteiger partial charge in [-0.25, -0.2) is 0 Å². The maximum absolute atomic E-state index is 11.0. The van der Waals surface area contributed by atoms with Gasteiger partial charge in [0, 0.05) is 5.56 Å². The van der Waals surface area contributed by atoms with Gasteiger partial charge in [-0.1, -0.05) is 24.0 Å². The molecule has 0 spiro atoms. The van der Waals surface area contributed by atoms with Gasteiger partial charge in [0.2, 0.25) is 0 Å². The number of ether oxygens (including phenoxy) is 1. The predicted octanol–water partition coefficient (Wildman–Crippen LogP) is 1.34. The van der Waals surface area contributed by atoms with Crippen molar-refractivity contribution in [2.24, 2.45) is 0 Å². The Morgan fingerprint density at radius 1 is 1.50 bits per heavy atom. The van der Waals surface area contributed by atoms with Gasteiger partial charge in [0.25, 0.3) is 0 Å². The highest BCUT2D eigenvalue weighted by Gasteiger charge is 2.02. The number of benzene rings is 1. The molecule has 0 radical (unpaired) electrons. The minimum absolute atomic E-state index is 0.223. The second-order valence-corrected chi connectivity index (χ2v) is 3.13. The molecule has 0 saturated carbocycles. The summed E-state index contributed by atoms with van der Waals surface area (Å²) in [7, 11) is 1.36. The summed E-state index contributed by atoms with van der Waals surface area (Å²) >= 11 is 0. The number of carbonyl (C=O) groups is 2. The summed E-state index contributed by atoms with van der Waals surface area (Å²) in [4.78, 5) is 21.1. The van der Waals surface area contributed by atoms with Gasteiger partial charge in [0.15, 0.2) is 0 Å². The fourth-order valence-electron chi connectivity index (χ4n) is 1.19. The van der Waals surface area contributed by atoms with Crippen molar-refractivity contribution in [2.45, 2.75) is 12.8 Å². The van der Waals surface area contributed by atoms with Gasteiger partial charge >= 0.3 is 5.97 Å². The number of carbonyl (C=O) groups excluding carboxylic acids is 2. The van der Waals surface area contributed by atoms with Crippen molar-refractivity contribution in [3.63, 3.8) is 0 Å². The quantitative estimate of drug-likeness (QED) is 0.435. The second-order valence-electron chi connectivity index (χ2n) is 3.13. The molecular weight excluding hydrogens is 204 g/mol. The molecule has 0 saturated heterocycles. The van der Waals surface area contributed by atoms with E-state index in [-0.39, 0.29) is 18.8 Å². The normalized spacial score (nSPS) is 8.81. The smallest absolute Gasteiger partial charge is 0.309 e. The van der Waals surface area contributed by atoms with E-state index in [1.54, 1.807) is 0 Å². The molecule has 0 heterocycles. The molecule has 0 atom stereocenters. The standard InChI is InChI=1S/C13H12O3/c1-16-13(15)10-12-7-4-6-11(9-12)5-2-3-8-14/h4,6-9H,3,10H2,1H3. The van der Waals surface area contributed by atoms with Gasteiger partial charge in [-0.15, -0.1) is 0 Å². The molecule has 1 rings (SSSR count). The Morgan fingerprint density at radius 3 is 3.00 bits per heavy atom. The van der Waals surface area contributed by atoms with E-state index >= 15 is 0 Å². The molecule has 0 N–H and O–H groups in total. The average molecular weight is 216 g/mol. The Labute approximate surface area is 94.4 Å². The summed E-state index contributed by atoms with van der Waals surface area (Å²) in [6.07, 6.45) is 1.21. The van der Waals surface area contributed by atoms with E-state index in [4.69, 9.17) is 0 Å². The van der Waals surface area contributed by atoms with E-state index < -0.39 is 0 Å². The number of hydrogen-bond acceptors (Lipinski definition) is 3. The van der Waals surface area contributed by atoms with Crippen LogP contribution in [0.2, 0.25) is 0 Å². The van der Waals surface area contributed by atoms with Gasteiger partial charge in [-0.3, -0.25) is 4.79 Å². The molecule has 1 aromatic carbocycles. The summed E-state index contributed by atoms with van der Waals surface area (Å²) in [5.74, 6) is 5.28. The maximum Gasteiger partial charge on any atom is 0.309 e. The number of hydrogen-bond donors (Lipinski definition) is 0. The van der Waals surface area contributed by atoms with E-state index in [1.807, 2.05) is 24.3 Å². The summed E-state index contributed by atoms with van der Waals surface area (Å²) in [5, 5.41) is 0. The zero-order valence-corrected chi connectivity index (χ0v) is 9.03. The van der Waals surface area contributed by atoms with Gasteiger partial charge in [-0.05, 0) is 17.7 Å². The van der Waals surface area contributed by atoms with Crippen molar-refractivity contribution in [1.29, 1.82) is 0 Å². The summed E-state index contributed by atoms with van der Waals surface area (Å²) in [6, 6.07) is 7.30. The maximum atomic E-state index is 11.0. The van der Waals surface area contributed by atoms with Crippen LogP contribution in [0, 0.1) is 11.8 Å². The van der Waals surface area contributed by atoms with Crippen molar-refractivity contribution in [3.8, 4) is 11.8 Å². The fraction of sp³-hybridized carbons (Fsp3) is 0.231. The third kappa shape index (κ3) is 3.97. The van der Waals surface area contributed by atoms with Gasteiger partial charge < -0.3 is 9.53 Å². The first-order valence-electron chi connectivity index (χ1n) is 4.84. The molecule has 0 fully saturated rings. The van der Waals surface area contributed by atoms with Crippen LogP contribution in [0.25, 0.3) is 0 Å². The van der Waals surface area contributed by atoms with E-state index in [0.29, 0.717) is 0 Å². The lowest BCUT2D eigenvalue weighted by atomic mass is 10.1. The van der Waals surface area contributed by atoms with Crippen molar-refractivity contribution in [2.75, 3.05) is 7.11 Å². The Kier molecular flexibility index (Phi) is 4.81. The summed E-state index contributed by atoms with van der Waals surface area (Å²) < 4.78 is 4.57. The number of methoxy groups -OCH3 is 1. The SMILES string of the molecule is COC(=O)Cc1cccc(C#CCC=O)c1. The Balaban J connectivity index is 2.75. The van der Waals surface area contributed by atoms with Crippen LogP contribution < -0.4 is 0 Å². The molecular formula is C13H12O3. The van der Waals surface area contributed by atoms with Crippen LogP contribution >= 0.6 is 0 Å². The molecule has 16 heavy (non-hydrogen) atoms. The molecule has 0 aliphatic heterocycles. The number of esters is 1. The number of rotatable bonds is 3. The molecule has 0 aromatic heterocycles. The number of aldehydes is 1. The third-order valence-electron chi connectivity index (χ3n) is 1.92. The van der Waals surface area contributed by atoms with Crippen LogP contribution in [0.15, 0.2) is 24.3 Å². The lowest BCUT2D eigenvalue weighted by molar-refractivity contribution is -0.139. The largest absolute Gasteiger partial charge is 0.469 e. The monoisotopic (exact) mass is 216 g/mol. The Bertz CT molecular complexity index is 438. The van der Waals surface area contributed by atoms with E-state index in [1.165, 1.54) is 7.11 Å². The van der Waals surface area contributed by atoms with Crippen molar-refractivity contribution in [3.05, 3.63) is 35.4 Å². The molecule has 3 heteroatoms. The lowest BCUT2D eigenvalue weighted by Crippen LogP contribution is -2.04. The molecule has 1 aromatic rings. The highest BCUT2D eigenvalue weighted by atomic mass is 16.5. The first-order chi connectivity index (χ1) is 7.76. The van der Waals surface area contributed by atoms with Gasteiger partial charge in [0.05, 0.1) is 20.0 Å². The van der Waals surface area contributed by atoms with Crippen LogP contribution in [-0.4, -0.2) is 19.4 Å². The second kappa shape index (κ2) is 6.41. The highest BCUT2D eigenvalue weighted by molar-refractivity contribution is 5.72. The lowest BCUT2D eigenvalue weighted by Gasteiger charge is -2.00. The molecule has 0 bridgehead atoms. The molecule has 82 valence electrons. The predicted molar refractivity (Wildman–Crippen MR) is 59.7 cm³/mol. The van der Waals surface area contributed by atoms with Crippen molar-refractivity contribution in [1.82, 2.24) is 0 Å². The van der Waals surface area contributed by atoms with E-state index in [0.717, 1.165) is 17.4 Å². The van der Waals surface area contributed by atoms with Gasteiger partial charge in [0.1, 0.15) is 6.29 Å². The third-order valence-corrected chi connectivity index (χ3v) is 1.92. The first-order valence-corrected chi connectivity index (χ1v) is 4.84. The summed E-state index contributed by atoms with van der Waals surface area (Å²) in [6.45, 7) is 0. The highest BCUT2D eigenvalue weighted by Crippen LogP contribution is 2.05. The Hall–Kier alpha value is -2.08. The fourth-order valence-corrected chi connectivity index (χ4v) is 1.19. The molecule has 0 unspecified atom stereocenters. The van der Waals surface area contributed by atoms with Crippen LogP contribution in [0.4, 0.5) is 0 Å².